The monoisotopic (exact) mass is 397 g/mol. The number of likely N-dealkylation sites (tertiary alicyclic amines) is 1. The summed E-state index contributed by atoms with van der Waals surface area (Å²) in [5.74, 6) is 0.715. The van der Waals surface area contributed by atoms with Gasteiger partial charge in [0.25, 0.3) is 5.91 Å². The molecule has 1 aromatic carbocycles. The summed E-state index contributed by atoms with van der Waals surface area (Å²) >= 11 is 0. The Morgan fingerprint density at radius 3 is 2.90 bits per heavy atom. The van der Waals surface area contributed by atoms with Crippen LogP contribution in [0.4, 0.5) is 4.39 Å². The second kappa shape index (κ2) is 6.96. The number of halogens is 1. The van der Waals surface area contributed by atoms with Crippen molar-refractivity contribution in [1.29, 1.82) is 0 Å². The summed E-state index contributed by atoms with van der Waals surface area (Å²) in [7, 11) is 0. The lowest BCUT2D eigenvalue weighted by Crippen LogP contribution is -2.31. The van der Waals surface area contributed by atoms with Crippen LogP contribution in [-0.4, -0.2) is 36.3 Å². The molecular formula is C24H28FNO3. The number of allylic oxidation sites excluding steroid dienone is 2. The maximum atomic E-state index is 14.9. The number of carbonyl (C=O) groups is 2. The Labute approximate surface area is 171 Å². The van der Waals surface area contributed by atoms with Crippen LogP contribution in [0.15, 0.2) is 23.8 Å². The molecule has 1 amide bonds. The molecule has 2 atom stereocenters. The van der Waals surface area contributed by atoms with Crippen molar-refractivity contribution in [2.75, 3.05) is 19.7 Å². The Hall–Kier alpha value is -2.17. The molecule has 0 aromatic heterocycles. The van der Waals surface area contributed by atoms with Gasteiger partial charge in [0, 0.05) is 24.4 Å². The van der Waals surface area contributed by atoms with E-state index in [1.54, 1.807) is 11.6 Å². The van der Waals surface area contributed by atoms with Gasteiger partial charge >= 0.3 is 0 Å². The molecule has 1 heterocycles. The van der Waals surface area contributed by atoms with E-state index in [-0.39, 0.29) is 29.2 Å². The third-order valence-electron chi connectivity index (χ3n) is 7.01. The van der Waals surface area contributed by atoms with Gasteiger partial charge in [-0.3, -0.25) is 9.59 Å². The number of hydrogen-bond acceptors (Lipinski definition) is 3. The Morgan fingerprint density at radius 2 is 2.17 bits per heavy atom. The van der Waals surface area contributed by atoms with Crippen molar-refractivity contribution >= 4 is 11.7 Å². The van der Waals surface area contributed by atoms with E-state index < -0.39 is 5.82 Å². The van der Waals surface area contributed by atoms with Gasteiger partial charge in [0.05, 0.1) is 18.7 Å². The molecule has 0 spiro atoms. The van der Waals surface area contributed by atoms with Crippen molar-refractivity contribution in [2.45, 2.75) is 57.8 Å². The van der Waals surface area contributed by atoms with Gasteiger partial charge in [-0.15, -0.1) is 0 Å². The van der Waals surface area contributed by atoms with Crippen LogP contribution in [0.5, 0.6) is 5.75 Å². The molecule has 2 bridgehead atoms. The van der Waals surface area contributed by atoms with Crippen LogP contribution in [0.25, 0.3) is 0 Å². The van der Waals surface area contributed by atoms with Gasteiger partial charge in [0.1, 0.15) is 11.6 Å². The van der Waals surface area contributed by atoms with Crippen LogP contribution in [0.2, 0.25) is 0 Å². The molecule has 1 aliphatic heterocycles. The fourth-order valence-electron chi connectivity index (χ4n) is 5.50. The van der Waals surface area contributed by atoms with Crippen LogP contribution < -0.4 is 4.74 Å². The largest absolute Gasteiger partial charge is 0.493 e. The van der Waals surface area contributed by atoms with Gasteiger partial charge in [-0.05, 0) is 62.0 Å². The van der Waals surface area contributed by atoms with Gasteiger partial charge in [-0.1, -0.05) is 18.6 Å². The van der Waals surface area contributed by atoms with Gasteiger partial charge in [0.15, 0.2) is 5.78 Å². The van der Waals surface area contributed by atoms with E-state index in [1.165, 1.54) is 17.4 Å². The number of carbonyl (C=O) groups excluding carboxylic acids is 2. The third kappa shape index (κ3) is 3.60. The predicted molar refractivity (Wildman–Crippen MR) is 108 cm³/mol. The zero-order chi connectivity index (χ0) is 20.2. The summed E-state index contributed by atoms with van der Waals surface area (Å²) in [5, 5.41) is 0. The van der Waals surface area contributed by atoms with Crippen LogP contribution in [0.3, 0.4) is 0 Å². The maximum Gasteiger partial charge on any atom is 0.257 e. The number of ketones is 1. The molecule has 5 heteroatoms. The second-order valence-corrected chi connectivity index (χ2v) is 9.70. The van der Waals surface area contributed by atoms with Gasteiger partial charge in [-0.25, -0.2) is 4.39 Å². The lowest BCUT2D eigenvalue weighted by Gasteiger charge is -2.36. The van der Waals surface area contributed by atoms with Crippen molar-refractivity contribution < 1.29 is 18.7 Å². The SMILES string of the molecule is CC1CC2=CCC(COc3cc(F)c(C(=O)N4CCC(=O)C4)cc3C3CC3)(C2)C1. The average molecular weight is 397 g/mol. The predicted octanol–water partition coefficient (Wildman–Crippen LogP) is 4.63. The van der Waals surface area contributed by atoms with E-state index >= 15 is 0 Å². The molecule has 4 nitrogen and oxygen atoms in total. The average Bonchev–Trinajstić information content (AvgIpc) is 3.36. The third-order valence-corrected chi connectivity index (χ3v) is 7.01. The van der Waals surface area contributed by atoms with Crippen molar-refractivity contribution in [3.8, 4) is 5.75 Å². The second-order valence-electron chi connectivity index (χ2n) is 9.70. The molecular weight excluding hydrogens is 369 g/mol. The number of benzene rings is 1. The van der Waals surface area contributed by atoms with Crippen LogP contribution >= 0.6 is 0 Å². The maximum absolute atomic E-state index is 14.9. The Balaban J connectivity index is 1.37. The molecule has 2 unspecified atom stereocenters. The Morgan fingerprint density at radius 1 is 1.34 bits per heavy atom. The molecule has 5 rings (SSSR count). The molecule has 2 saturated carbocycles. The molecule has 4 aliphatic rings. The topological polar surface area (TPSA) is 46.6 Å². The molecule has 154 valence electrons. The van der Waals surface area contributed by atoms with E-state index in [1.807, 2.05) is 0 Å². The standard InChI is InChI=1S/C24H28FNO3/c1-15-8-16-4-6-24(11-15,12-16)14-29-22-10-21(25)20(9-19(22)17-2-3-17)23(28)26-7-5-18(27)13-26/h4,9-10,15,17H,2-3,5-8,11-14H2,1H3. The van der Waals surface area contributed by atoms with Gasteiger partial charge in [-0.2, -0.15) is 0 Å². The summed E-state index contributed by atoms with van der Waals surface area (Å²) in [6.07, 6.45) is 9.31. The number of rotatable bonds is 5. The summed E-state index contributed by atoms with van der Waals surface area (Å²) in [4.78, 5) is 25.7. The summed E-state index contributed by atoms with van der Waals surface area (Å²) in [6.45, 7) is 3.37. The molecule has 3 fully saturated rings. The van der Waals surface area contributed by atoms with Crippen molar-refractivity contribution in [1.82, 2.24) is 4.90 Å². The molecule has 29 heavy (non-hydrogen) atoms. The number of hydrogen-bond donors (Lipinski definition) is 0. The number of amides is 1. The minimum absolute atomic E-state index is 0.0339. The fraction of sp³-hybridized carbons (Fsp3) is 0.583. The van der Waals surface area contributed by atoms with Gasteiger partial charge < -0.3 is 9.64 Å². The minimum atomic E-state index is -0.548. The minimum Gasteiger partial charge on any atom is -0.493 e. The highest BCUT2D eigenvalue weighted by Gasteiger charge is 2.41. The zero-order valence-electron chi connectivity index (χ0n) is 17.0. The zero-order valence-corrected chi connectivity index (χ0v) is 17.0. The lowest BCUT2D eigenvalue weighted by atomic mass is 9.72. The first-order chi connectivity index (χ1) is 13.9. The molecule has 0 radical (unpaired) electrons. The van der Waals surface area contributed by atoms with Crippen molar-refractivity contribution in [3.63, 3.8) is 0 Å². The molecule has 3 aliphatic carbocycles. The van der Waals surface area contributed by atoms with Crippen molar-refractivity contribution in [2.24, 2.45) is 11.3 Å². The highest BCUT2D eigenvalue weighted by atomic mass is 19.1. The summed E-state index contributed by atoms with van der Waals surface area (Å²) in [5.41, 5.74) is 2.71. The van der Waals surface area contributed by atoms with Crippen LogP contribution in [0, 0.1) is 17.2 Å². The number of ether oxygens (including phenoxy) is 1. The number of nitrogens with zero attached hydrogens (tertiary/aromatic N) is 1. The Kier molecular flexibility index (Phi) is 4.52. The summed E-state index contributed by atoms with van der Waals surface area (Å²) < 4.78 is 21.2. The smallest absolute Gasteiger partial charge is 0.257 e. The van der Waals surface area contributed by atoms with E-state index in [9.17, 15) is 14.0 Å². The fourth-order valence-corrected chi connectivity index (χ4v) is 5.50. The van der Waals surface area contributed by atoms with Crippen LogP contribution in [0.1, 0.15) is 73.7 Å². The first-order valence-electron chi connectivity index (χ1n) is 10.9. The summed E-state index contributed by atoms with van der Waals surface area (Å²) in [6, 6.07) is 3.10. The first-order valence-corrected chi connectivity index (χ1v) is 10.9. The number of fused-ring (bicyclic) bond motifs is 2. The number of Topliss-reactive ketones (excluding diaryl/α,β-unsaturated/α-hetero) is 1. The van der Waals surface area contributed by atoms with E-state index in [2.05, 4.69) is 13.0 Å². The van der Waals surface area contributed by atoms with Crippen molar-refractivity contribution in [3.05, 3.63) is 40.7 Å². The molecule has 1 saturated heterocycles. The molecule has 1 aromatic rings. The quantitative estimate of drug-likeness (QED) is 0.681. The molecule has 0 N–H and O–H groups in total. The first kappa shape index (κ1) is 18.8. The van der Waals surface area contributed by atoms with Crippen LogP contribution in [-0.2, 0) is 4.79 Å². The highest BCUT2D eigenvalue weighted by molar-refractivity contribution is 5.99. The normalized spacial score (nSPS) is 28.6. The van der Waals surface area contributed by atoms with E-state index in [0.717, 1.165) is 37.7 Å². The lowest BCUT2D eigenvalue weighted by molar-refractivity contribution is -0.116. The Bertz CT molecular complexity index is 904. The van der Waals surface area contributed by atoms with E-state index in [0.29, 0.717) is 37.2 Å². The highest BCUT2D eigenvalue weighted by Crippen LogP contribution is 2.51. The van der Waals surface area contributed by atoms with Gasteiger partial charge in [0.2, 0.25) is 0 Å². The van der Waals surface area contributed by atoms with E-state index in [4.69, 9.17) is 4.74 Å².